The molecule has 0 spiro atoms. The van der Waals surface area contributed by atoms with Crippen LogP contribution in [-0.2, 0) is 6.54 Å². The molecule has 0 saturated carbocycles. The number of rotatable bonds is 4. The van der Waals surface area contributed by atoms with E-state index < -0.39 is 0 Å². The van der Waals surface area contributed by atoms with Crippen LogP contribution in [0.25, 0.3) is 0 Å². The smallest absolute Gasteiger partial charge is 0.258 e. The first kappa shape index (κ1) is 16.7. The second-order valence-electron chi connectivity index (χ2n) is 5.39. The molecule has 2 aromatic carbocycles. The second kappa shape index (κ2) is 7.20. The maximum Gasteiger partial charge on any atom is 0.258 e. The van der Waals surface area contributed by atoms with Crippen molar-refractivity contribution in [1.29, 1.82) is 0 Å². The van der Waals surface area contributed by atoms with Gasteiger partial charge >= 0.3 is 0 Å². The van der Waals surface area contributed by atoms with Crippen molar-refractivity contribution < 1.29 is 4.79 Å². The first-order valence-corrected chi connectivity index (χ1v) is 8.55. The van der Waals surface area contributed by atoms with Crippen LogP contribution < -0.4 is 5.32 Å². The Bertz CT molecular complexity index is 877. The number of aromatic nitrogens is 2. The number of anilines is 1. The number of nitrogens with zero attached hydrogens (tertiary/aromatic N) is 2. The summed E-state index contributed by atoms with van der Waals surface area (Å²) in [6, 6.07) is 17.0. The standard InChI is InChI=1S/C18H15BrClN3O/c1-12-9-17(23(22-12)11-13-5-3-2-4-6-13)21-18(24)15-10-14(19)7-8-16(15)20/h2-10H,11H2,1H3,(H,21,24). The van der Waals surface area contributed by atoms with Gasteiger partial charge in [0, 0.05) is 10.5 Å². The molecular formula is C18H15BrClN3O. The molecule has 0 bridgehead atoms. The Labute approximate surface area is 153 Å². The monoisotopic (exact) mass is 403 g/mol. The van der Waals surface area contributed by atoms with Crippen molar-refractivity contribution in [3.05, 3.63) is 80.9 Å². The molecule has 1 amide bonds. The Hall–Kier alpha value is -2.11. The van der Waals surface area contributed by atoms with Crippen LogP contribution in [0.2, 0.25) is 5.02 Å². The lowest BCUT2D eigenvalue weighted by Crippen LogP contribution is -2.16. The van der Waals surface area contributed by atoms with Crippen molar-refractivity contribution in [2.24, 2.45) is 0 Å². The van der Waals surface area contributed by atoms with Gasteiger partial charge in [-0.25, -0.2) is 4.68 Å². The van der Waals surface area contributed by atoms with Crippen LogP contribution >= 0.6 is 27.5 Å². The van der Waals surface area contributed by atoms with E-state index in [9.17, 15) is 4.79 Å². The average Bonchev–Trinajstić information content (AvgIpc) is 2.90. The lowest BCUT2D eigenvalue weighted by atomic mass is 10.2. The van der Waals surface area contributed by atoms with E-state index in [1.165, 1.54) is 0 Å². The number of carbonyl (C=O) groups excluding carboxylic acids is 1. The number of hydrogen-bond donors (Lipinski definition) is 1. The summed E-state index contributed by atoms with van der Waals surface area (Å²) in [5, 5.41) is 7.75. The molecule has 0 aliphatic heterocycles. The molecular weight excluding hydrogens is 390 g/mol. The zero-order valence-corrected chi connectivity index (χ0v) is 15.3. The Morgan fingerprint density at radius 1 is 1.21 bits per heavy atom. The highest BCUT2D eigenvalue weighted by Crippen LogP contribution is 2.22. The molecule has 1 aromatic heterocycles. The summed E-state index contributed by atoms with van der Waals surface area (Å²) in [4.78, 5) is 12.5. The van der Waals surface area contributed by atoms with Crippen LogP contribution in [0.4, 0.5) is 5.82 Å². The number of nitrogens with one attached hydrogen (secondary N) is 1. The average molecular weight is 405 g/mol. The largest absolute Gasteiger partial charge is 0.307 e. The molecule has 3 rings (SSSR count). The molecule has 122 valence electrons. The Balaban J connectivity index is 1.85. The van der Waals surface area contributed by atoms with E-state index in [2.05, 4.69) is 26.3 Å². The predicted molar refractivity (Wildman–Crippen MR) is 99.6 cm³/mol. The third kappa shape index (κ3) is 3.86. The van der Waals surface area contributed by atoms with Crippen molar-refractivity contribution in [1.82, 2.24) is 9.78 Å². The van der Waals surface area contributed by atoms with Gasteiger partial charge in [0.05, 0.1) is 22.8 Å². The van der Waals surface area contributed by atoms with Gasteiger partial charge in [-0.2, -0.15) is 5.10 Å². The van der Waals surface area contributed by atoms with E-state index in [4.69, 9.17) is 11.6 Å². The lowest BCUT2D eigenvalue weighted by Gasteiger charge is -2.10. The molecule has 0 aliphatic carbocycles. The molecule has 3 aromatic rings. The number of benzene rings is 2. The summed E-state index contributed by atoms with van der Waals surface area (Å²) in [5.74, 6) is 0.368. The fourth-order valence-corrected chi connectivity index (χ4v) is 2.94. The molecule has 1 N–H and O–H groups in total. The van der Waals surface area contributed by atoms with Crippen LogP contribution in [0.5, 0.6) is 0 Å². The molecule has 6 heteroatoms. The minimum Gasteiger partial charge on any atom is -0.307 e. The normalized spacial score (nSPS) is 10.6. The quantitative estimate of drug-likeness (QED) is 0.672. The summed E-state index contributed by atoms with van der Waals surface area (Å²) in [6.07, 6.45) is 0. The third-order valence-electron chi connectivity index (χ3n) is 3.49. The Morgan fingerprint density at radius 2 is 1.96 bits per heavy atom. The SMILES string of the molecule is Cc1cc(NC(=O)c2cc(Br)ccc2Cl)n(Cc2ccccc2)n1. The van der Waals surface area contributed by atoms with Gasteiger partial charge in [-0.3, -0.25) is 4.79 Å². The van der Waals surface area contributed by atoms with Crippen LogP contribution in [0.1, 0.15) is 21.6 Å². The topological polar surface area (TPSA) is 46.9 Å². The number of halogens is 2. The molecule has 0 aliphatic rings. The van der Waals surface area contributed by atoms with Crippen molar-refractivity contribution in [2.75, 3.05) is 5.32 Å². The van der Waals surface area contributed by atoms with Gasteiger partial charge in [0.15, 0.2) is 0 Å². The highest BCUT2D eigenvalue weighted by atomic mass is 79.9. The number of amides is 1. The Morgan fingerprint density at radius 3 is 2.71 bits per heavy atom. The minimum absolute atomic E-state index is 0.268. The highest BCUT2D eigenvalue weighted by molar-refractivity contribution is 9.10. The van der Waals surface area contributed by atoms with Crippen LogP contribution in [-0.4, -0.2) is 15.7 Å². The third-order valence-corrected chi connectivity index (χ3v) is 4.31. The fourth-order valence-electron chi connectivity index (χ4n) is 2.38. The first-order chi connectivity index (χ1) is 11.5. The second-order valence-corrected chi connectivity index (χ2v) is 6.72. The van der Waals surface area contributed by atoms with Crippen LogP contribution in [0.3, 0.4) is 0 Å². The number of aryl methyl sites for hydroxylation is 1. The van der Waals surface area contributed by atoms with E-state index in [0.717, 1.165) is 15.7 Å². The van der Waals surface area contributed by atoms with E-state index in [-0.39, 0.29) is 5.91 Å². The number of carbonyl (C=O) groups is 1. The van der Waals surface area contributed by atoms with E-state index in [1.807, 2.05) is 43.3 Å². The van der Waals surface area contributed by atoms with Gasteiger partial charge in [0.2, 0.25) is 0 Å². The van der Waals surface area contributed by atoms with Gasteiger partial charge in [-0.15, -0.1) is 0 Å². The Kier molecular flexibility index (Phi) is 5.02. The van der Waals surface area contributed by atoms with Crippen LogP contribution in [0.15, 0.2) is 59.1 Å². The maximum absolute atomic E-state index is 12.5. The molecule has 0 atom stereocenters. The van der Waals surface area contributed by atoms with E-state index in [0.29, 0.717) is 22.9 Å². The van der Waals surface area contributed by atoms with Gasteiger partial charge in [-0.1, -0.05) is 57.9 Å². The fraction of sp³-hybridized carbons (Fsp3) is 0.111. The zero-order valence-electron chi connectivity index (χ0n) is 13.0. The van der Waals surface area contributed by atoms with Gasteiger partial charge in [-0.05, 0) is 30.7 Å². The molecule has 0 saturated heterocycles. The summed E-state index contributed by atoms with van der Waals surface area (Å²) >= 11 is 9.48. The summed E-state index contributed by atoms with van der Waals surface area (Å²) in [5.41, 5.74) is 2.36. The zero-order chi connectivity index (χ0) is 17.1. The summed E-state index contributed by atoms with van der Waals surface area (Å²) < 4.78 is 2.57. The molecule has 4 nitrogen and oxygen atoms in total. The van der Waals surface area contributed by atoms with Gasteiger partial charge < -0.3 is 5.32 Å². The first-order valence-electron chi connectivity index (χ1n) is 7.38. The van der Waals surface area contributed by atoms with Crippen molar-refractivity contribution >= 4 is 39.3 Å². The molecule has 1 heterocycles. The molecule has 0 unspecified atom stereocenters. The molecule has 0 fully saturated rings. The lowest BCUT2D eigenvalue weighted by molar-refractivity contribution is 0.102. The molecule has 24 heavy (non-hydrogen) atoms. The van der Waals surface area contributed by atoms with Crippen molar-refractivity contribution in [3.63, 3.8) is 0 Å². The maximum atomic E-state index is 12.5. The van der Waals surface area contributed by atoms with E-state index >= 15 is 0 Å². The molecule has 0 radical (unpaired) electrons. The summed E-state index contributed by atoms with van der Waals surface area (Å²) in [6.45, 7) is 2.47. The number of hydrogen-bond acceptors (Lipinski definition) is 2. The van der Waals surface area contributed by atoms with Gasteiger partial charge in [0.1, 0.15) is 5.82 Å². The van der Waals surface area contributed by atoms with Crippen molar-refractivity contribution in [2.45, 2.75) is 13.5 Å². The minimum atomic E-state index is -0.268. The highest BCUT2D eigenvalue weighted by Gasteiger charge is 2.14. The van der Waals surface area contributed by atoms with E-state index in [1.54, 1.807) is 22.9 Å². The van der Waals surface area contributed by atoms with Crippen molar-refractivity contribution in [3.8, 4) is 0 Å². The summed E-state index contributed by atoms with van der Waals surface area (Å²) in [7, 11) is 0. The van der Waals surface area contributed by atoms with Gasteiger partial charge in [0.25, 0.3) is 5.91 Å². The predicted octanol–water partition coefficient (Wildman–Crippen LogP) is 4.91. The van der Waals surface area contributed by atoms with Crippen LogP contribution in [0, 0.1) is 6.92 Å².